The molecule has 3 aliphatic carbocycles. The molecule has 0 N–H and O–H groups in total. The molecule has 11 rings (SSSR count). The molecule has 1 spiro atoms. The molecule has 1 fully saturated rings. The van der Waals surface area contributed by atoms with Crippen molar-refractivity contribution in [1.82, 2.24) is 14.5 Å². The molecule has 0 bridgehead atoms. The molecule has 0 aliphatic heterocycles. The summed E-state index contributed by atoms with van der Waals surface area (Å²) in [4.78, 5) is 10.9. The molecule has 51 heavy (non-hydrogen) atoms. The molecular weight excluding hydrogens is 619 g/mol. The number of aromatic nitrogens is 3. The number of allylic oxidation sites excluding steroid dienone is 4. The molecule has 0 saturated heterocycles. The third-order valence-corrected chi connectivity index (χ3v) is 12.1. The quantitative estimate of drug-likeness (QED) is 0.190. The van der Waals surface area contributed by atoms with Gasteiger partial charge < -0.3 is 0 Å². The van der Waals surface area contributed by atoms with Crippen molar-refractivity contribution in [2.45, 2.75) is 50.4 Å². The van der Waals surface area contributed by atoms with Gasteiger partial charge in [-0.15, -0.1) is 0 Å². The van der Waals surface area contributed by atoms with Gasteiger partial charge in [0.2, 0.25) is 5.95 Å². The fraction of sp³-hybridized carbons (Fsp3) is 0.167. The first-order valence-corrected chi connectivity index (χ1v) is 18.6. The maximum Gasteiger partial charge on any atom is 0.235 e. The second kappa shape index (κ2) is 11.1. The SMILES string of the molecule is C1=CC2=C(CC1)C1(CCCCC1)c1c2c2ccccc2c2c1c1c3ccccc3ccc1n2-c1nc(-c2ccccc2)cc(-c2ccccc2)n1. The zero-order chi connectivity index (χ0) is 33.5. The molecular formula is C48H37N3. The van der Waals surface area contributed by atoms with Gasteiger partial charge in [0.15, 0.2) is 0 Å². The van der Waals surface area contributed by atoms with E-state index in [1.54, 1.807) is 11.1 Å². The fourth-order valence-electron chi connectivity index (χ4n) is 9.99. The zero-order valence-corrected chi connectivity index (χ0v) is 28.6. The molecule has 2 aromatic heterocycles. The average molecular weight is 656 g/mol. The predicted molar refractivity (Wildman–Crippen MR) is 212 cm³/mol. The summed E-state index contributed by atoms with van der Waals surface area (Å²) in [5.41, 5.74) is 12.7. The van der Waals surface area contributed by atoms with Crippen molar-refractivity contribution in [1.29, 1.82) is 0 Å². The summed E-state index contributed by atoms with van der Waals surface area (Å²) < 4.78 is 2.42. The number of hydrogen-bond acceptors (Lipinski definition) is 2. The van der Waals surface area contributed by atoms with Crippen molar-refractivity contribution >= 4 is 48.9 Å². The minimum Gasteiger partial charge on any atom is -0.277 e. The van der Waals surface area contributed by atoms with Crippen LogP contribution >= 0.6 is 0 Å². The summed E-state index contributed by atoms with van der Waals surface area (Å²) in [6.07, 6.45) is 13.5. The summed E-state index contributed by atoms with van der Waals surface area (Å²) in [6.45, 7) is 0. The predicted octanol–water partition coefficient (Wildman–Crippen LogP) is 12.5. The van der Waals surface area contributed by atoms with Crippen LogP contribution in [0.25, 0.3) is 77.4 Å². The lowest BCUT2D eigenvalue weighted by Gasteiger charge is -2.39. The molecule has 0 amide bonds. The lowest BCUT2D eigenvalue weighted by atomic mass is 9.64. The van der Waals surface area contributed by atoms with Crippen molar-refractivity contribution in [2.75, 3.05) is 0 Å². The van der Waals surface area contributed by atoms with Gasteiger partial charge in [-0.1, -0.05) is 152 Å². The highest BCUT2D eigenvalue weighted by Crippen LogP contribution is 2.61. The van der Waals surface area contributed by atoms with Crippen molar-refractivity contribution in [2.24, 2.45) is 0 Å². The second-order valence-corrected chi connectivity index (χ2v) is 14.7. The van der Waals surface area contributed by atoms with Gasteiger partial charge in [-0.25, -0.2) is 9.97 Å². The number of rotatable bonds is 3. The Labute approximate surface area is 297 Å². The Bertz CT molecular complexity index is 2700. The monoisotopic (exact) mass is 655 g/mol. The maximum atomic E-state index is 5.46. The van der Waals surface area contributed by atoms with Gasteiger partial charge in [0.05, 0.1) is 22.4 Å². The van der Waals surface area contributed by atoms with Crippen LogP contribution in [0, 0.1) is 0 Å². The fourth-order valence-corrected chi connectivity index (χ4v) is 9.99. The van der Waals surface area contributed by atoms with Crippen LogP contribution in [0.15, 0.2) is 145 Å². The molecule has 244 valence electrons. The van der Waals surface area contributed by atoms with E-state index in [0.717, 1.165) is 40.9 Å². The summed E-state index contributed by atoms with van der Waals surface area (Å²) in [7, 11) is 0. The Kier molecular flexibility index (Phi) is 6.31. The Morgan fingerprint density at radius 2 is 1.24 bits per heavy atom. The maximum absolute atomic E-state index is 5.46. The number of nitrogens with zero attached hydrogens (tertiary/aromatic N) is 3. The van der Waals surface area contributed by atoms with Crippen LogP contribution in [0.2, 0.25) is 0 Å². The Balaban J connectivity index is 1.36. The van der Waals surface area contributed by atoms with Crippen LogP contribution in [-0.4, -0.2) is 14.5 Å². The van der Waals surface area contributed by atoms with Gasteiger partial charge in [-0.3, -0.25) is 4.57 Å². The standard InChI is InChI=1S/C48H37N3/c1-4-17-32(18-5-1)39-30-40(33-19-6-2-7-20-33)50-47(49-39)51-41-27-26-31-16-8-9-21-34(31)43(41)44-45-42(35-22-10-11-23-36(35)46(44)51)37-24-12-13-25-38(37)48(45)28-14-3-15-29-48/h1-2,4-12,16-24,26-27,30H,3,13-15,25,28-29H2. The van der Waals surface area contributed by atoms with Gasteiger partial charge in [0.25, 0.3) is 0 Å². The summed E-state index contributed by atoms with van der Waals surface area (Å²) in [5.74, 6) is 0.712. The molecule has 3 aliphatic rings. The highest BCUT2D eigenvalue weighted by atomic mass is 15.2. The van der Waals surface area contributed by atoms with E-state index in [9.17, 15) is 0 Å². The van der Waals surface area contributed by atoms with E-state index in [-0.39, 0.29) is 5.41 Å². The molecule has 6 aromatic carbocycles. The molecule has 8 aromatic rings. The normalized spacial score (nSPS) is 16.5. The van der Waals surface area contributed by atoms with E-state index in [4.69, 9.17) is 9.97 Å². The van der Waals surface area contributed by atoms with Crippen LogP contribution in [-0.2, 0) is 5.41 Å². The summed E-state index contributed by atoms with van der Waals surface area (Å²) >= 11 is 0. The van der Waals surface area contributed by atoms with Crippen molar-refractivity contribution in [3.8, 4) is 28.5 Å². The number of fused-ring (bicyclic) bond motifs is 13. The molecule has 0 unspecified atom stereocenters. The number of hydrogen-bond donors (Lipinski definition) is 0. The Hall–Kier alpha value is -5.80. The largest absolute Gasteiger partial charge is 0.277 e. The lowest BCUT2D eigenvalue weighted by Crippen LogP contribution is -2.30. The minimum absolute atomic E-state index is 0.0496. The summed E-state index contributed by atoms with van der Waals surface area (Å²) in [6, 6.07) is 46.0. The highest BCUT2D eigenvalue weighted by molar-refractivity contribution is 6.29. The zero-order valence-electron chi connectivity index (χ0n) is 28.6. The number of benzene rings is 6. The van der Waals surface area contributed by atoms with Gasteiger partial charge in [0, 0.05) is 32.7 Å². The lowest BCUT2D eigenvalue weighted by molar-refractivity contribution is 0.340. The van der Waals surface area contributed by atoms with Gasteiger partial charge >= 0.3 is 0 Å². The summed E-state index contributed by atoms with van der Waals surface area (Å²) in [5, 5.41) is 7.90. The van der Waals surface area contributed by atoms with Crippen LogP contribution < -0.4 is 0 Å². The van der Waals surface area contributed by atoms with E-state index < -0.39 is 0 Å². The second-order valence-electron chi connectivity index (χ2n) is 14.7. The molecule has 2 heterocycles. The van der Waals surface area contributed by atoms with Crippen molar-refractivity contribution in [3.63, 3.8) is 0 Å². The van der Waals surface area contributed by atoms with Crippen LogP contribution in [0.5, 0.6) is 0 Å². The van der Waals surface area contributed by atoms with E-state index in [1.165, 1.54) is 81.1 Å². The topological polar surface area (TPSA) is 30.7 Å². The van der Waals surface area contributed by atoms with Crippen LogP contribution in [0.4, 0.5) is 0 Å². The van der Waals surface area contributed by atoms with Crippen molar-refractivity contribution < 1.29 is 0 Å². The minimum atomic E-state index is 0.0496. The Morgan fingerprint density at radius 1 is 0.588 bits per heavy atom. The van der Waals surface area contributed by atoms with Gasteiger partial charge in [0.1, 0.15) is 0 Å². The molecule has 1 saturated carbocycles. The third-order valence-electron chi connectivity index (χ3n) is 12.1. The molecule has 0 atom stereocenters. The molecule has 3 nitrogen and oxygen atoms in total. The first-order valence-electron chi connectivity index (χ1n) is 18.6. The smallest absolute Gasteiger partial charge is 0.235 e. The van der Waals surface area contributed by atoms with E-state index in [2.05, 4.69) is 144 Å². The molecule has 3 heteroatoms. The first kappa shape index (κ1) is 29.0. The van der Waals surface area contributed by atoms with Crippen LogP contribution in [0.1, 0.15) is 56.1 Å². The average Bonchev–Trinajstić information content (AvgIpc) is 3.70. The van der Waals surface area contributed by atoms with Crippen molar-refractivity contribution in [3.05, 3.63) is 156 Å². The first-order chi connectivity index (χ1) is 25.3. The Morgan fingerprint density at radius 3 is 1.96 bits per heavy atom. The van der Waals surface area contributed by atoms with E-state index in [0.29, 0.717) is 5.95 Å². The van der Waals surface area contributed by atoms with E-state index in [1.807, 2.05) is 0 Å². The highest BCUT2D eigenvalue weighted by Gasteiger charge is 2.48. The molecule has 0 radical (unpaired) electrons. The van der Waals surface area contributed by atoms with Gasteiger partial charge in [-0.2, -0.15) is 0 Å². The third kappa shape index (κ3) is 4.12. The van der Waals surface area contributed by atoms with Crippen LogP contribution in [0.3, 0.4) is 0 Å². The van der Waals surface area contributed by atoms with E-state index >= 15 is 0 Å². The van der Waals surface area contributed by atoms with Gasteiger partial charge in [-0.05, 0) is 70.7 Å².